The van der Waals surface area contributed by atoms with Gasteiger partial charge in [0.25, 0.3) is 0 Å². The third kappa shape index (κ3) is 2.56. The summed E-state index contributed by atoms with van der Waals surface area (Å²) in [6, 6.07) is 6.07. The van der Waals surface area contributed by atoms with Crippen molar-refractivity contribution in [2.45, 2.75) is 83.7 Å². The minimum absolute atomic E-state index is 0.000666. The number of ether oxygens (including phenoxy) is 1. The van der Waals surface area contributed by atoms with E-state index in [1.807, 2.05) is 26.0 Å². The highest BCUT2D eigenvalue weighted by Crippen LogP contribution is 2.67. The van der Waals surface area contributed by atoms with E-state index in [-0.39, 0.29) is 28.3 Å². The molecule has 4 heteroatoms. The number of benzene rings is 1. The predicted molar refractivity (Wildman–Crippen MR) is 111 cm³/mol. The average Bonchev–Trinajstić information content (AvgIpc) is 2.97. The van der Waals surface area contributed by atoms with Crippen LogP contribution in [-0.2, 0) is 16.0 Å². The number of rotatable bonds is 1. The van der Waals surface area contributed by atoms with Gasteiger partial charge in [0.1, 0.15) is 5.60 Å². The molecule has 3 fully saturated rings. The van der Waals surface area contributed by atoms with Crippen LogP contribution < -0.4 is 5.73 Å². The molecule has 2 N–H and O–H groups in total. The normalized spacial score (nSPS) is 40.0. The molecule has 3 aliphatic carbocycles. The first-order valence-electron chi connectivity index (χ1n) is 11.3. The zero-order valence-electron chi connectivity index (χ0n) is 17.9. The maximum absolute atomic E-state index is 12.8. The lowest BCUT2D eigenvalue weighted by molar-refractivity contribution is -0.206. The van der Waals surface area contributed by atoms with Crippen molar-refractivity contribution >= 4 is 11.9 Å². The number of primary amides is 1. The van der Waals surface area contributed by atoms with Gasteiger partial charge >= 0.3 is 5.97 Å². The van der Waals surface area contributed by atoms with Crippen LogP contribution in [0.5, 0.6) is 0 Å². The first-order chi connectivity index (χ1) is 13.7. The van der Waals surface area contributed by atoms with Crippen LogP contribution in [-0.4, -0.2) is 17.5 Å². The molecule has 5 atom stereocenters. The Morgan fingerprint density at radius 1 is 1.07 bits per heavy atom. The van der Waals surface area contributed by atoms with Crippen LogP contribution in [0, 0.1) is 22.7 Å². The van der Waals surface area contributed by atoms with E-state index in [2.05, 4.69) is 13.0 Å². The first kappa shape index (κ1) is 19.1. The van der Waals surface area contributed by atoms with E-state index in [1.165, 1.54) is 17.5 Å². The van der Waals surface area contributed by atoms with Crippen molar-refractivity contribution in [2.75, 3.05) is 0 Å². The number of carbonyl (C=O) groups excluding carboxylic acids is 2. The molecular weight excluding hydrogens is 362 g/mol. The van der Waals surface area contributed by atoms with Crippen molar-refractivity contribution in [2.24, 2.45) is 28.4 Å². The summed E-state index contributed by atoms with van der Waals surface area (Å²) in [6.07, 6.45) is 8.56. The van der Waals surface area contributed by atoms with Crippen molar-refractivity contribution in [3.63, 3.8) is 0 Å². The highest BCUT2D eigenvalue weighted by Gasteiger charge is 2.65. The monoisotopic (exact) mass is 395 g/mol. The van der Waals surface area contributed by atoms with Gasteiger partial charge in [-0.3, -0.25) is 9.59 Å². The number of esters is 1. The molecule has 1 spiro atoms. The molecule has 4 nitrogen and oxygen atoms in total. The van der Waals surface area contributed by atoms with Gasteiger partial charge in [0.15, 0.2) is 0 Å². The molecule has 29 heavy (non-hydrogen) atoms. The van der Waals surface area contributed by atoms with Gasteiger partial charge in [-0.1, -0.05) is 13.0 Å². The summed E-state index contributed by atoms with van der Waals surface area (Å²) in [7, 11) is 0. The highest BCUT2D eigenvalue weighted by atomic mass is 16.6. The molecular formula is C25H33NO3. The summed E-state index contributed by atoms with van der Waals surface area (Å²) in [5.74, 6) is 1.48. The van der Waals surface area contributed by atoms with Gasteiger partial charge in [-0.15, -0.1) is 0 Å². The number of fused-ring (bicyclic) bond motifs is 6. The van der Waals surface area contributed by atoms with Gasteiger partial charge in [0, 0.05) is 11.0 Å². The molecule has 1 aliphatic heterocycles. The second-order valence-electron chi connectivity index (χ2n) is 11.0. The van der Waals surface area contributed by atoms with Gasteiger partial charge in [-0.05, 0) is 106 Å². The molecule has 0 radical (unpaired) electrons. The number of carbonyl (C=O) groups is 2. The van der Waals surface area contributed by atoms with Crippen molar-refractivity contribution in [3.05, 3.63) is 34.9 Å². The van der Waals surface area contributed by atoms with Crippen LogP contribution in [0.3, 0.4) is 0 Å². The summed E-state index contributed by atoms with van der Waals surface area (Å²) < 4.78 is 6.32. The Labute approximate surface area is 173 Å². The first-order valence-corrected chi connectivity index (χ1v) is 11.3. The van der Waals surface area contributed by atoms with Crippen LogP contribution in [0.1, 0.15) is 93.1 Å². The van der Waals surface area contributed by atoms with Crippen LogP contribution in [0.4, 0.5) is 0 Å². The second kappa shape index (κ2) is 6.09. The molecule has 0 aromatic heterocycles. The molecule has 5 rings (SSSR count). The van der Waals surface area contributed by atoms with E-state index in [9.17, 15) is 9.59 Å². The van der Waals surface area contributed by atoms with Crippen molar-refractivity contribution in [1.29, 1.82) is 0 Å². The predicted octanol–water partition coefficient (Wildman–Crippen LogP) is 4.74. The summed E-state index contributed by atoms with van der Waals surface area (Å²) >= 11 is 0. The zero-order chi connectivity index (χ0) is 20.6. The number of hydrogen-bond acceptors (Lipinski definition) is 3. The molecule has 156 valence electrons. The third-order valence-electron chi connectivity index (χ3n) is 9.30. The largest absolute Gasteiger partial charge is 0.458 e. The van der Waals surface area contributed by atoms with Crippen LogP contribution >= 0.6 is 0 Å². The molecule has 4 aliphatic rings. The Hall–Kier alpha value is -1.84. The lowest BCUT2D eigenvalue weighted by atomic mass is 9.52. The Kier molecular flexibility index (Phi) is 4.02. The minimum atomic E-state index is -0.348. The third-order valence-corrected chi connectivity index (χ3v) is 9.30. The van der Waals surface area contributed by atoms with Crippen LogP contribution in [0.2, 0.25) is 0 Å². The second-order valence-corrected chi connectivity index (χ2v) is 11.0. The lowest BCUT2D eigenvalue weighted by Gasteiger charge is -2.56. The van der Waals surface area contributed by atoms with Crippen molar-refractivity contribution in [3.8, 4) is 0 Å². The van der Waals surface area contributed by atoms with Gasteiger partial charge in [-0.2, -0.15) is 0 Å². The smallest absolute Gasteiger partial charge is 0.312 e. The molecule has 3 unspecified atom stereocenters. The van der Waals surface area contributed by atoms with Gasteiger partial charge < -0.3 is 10.5 Å². The number of hydrogen-bond donors (Lipinski definition) is 1. The Bertz CT molecular complexity index is 890. The highest BCUT2D eigenvalue weighted by molar-refractivity contribution is 5.93. The molecule has 0 bridgehead atoms. The maximum atomic E-state index is 12.8. The van der Waals surface area contributed by atoms with Gasteiger partial charge in [0.05, 0.1) is 5.41 Å². The molecule has 1 amide bonds. The van der Waals surface area contributed by atoms with Crippen molar-refractivity contribution in [1.82, 2.24) is 0 Å². The Morgan fingerprint density at radius 2 is 1.86 bits per heavy atom. The number of aryl methyl sites for hydroxylation is 1. The Morgan fingerprint density at radius 3 is 2.59 bits per heavy atom. The van der Waals surface area contributed by atoms with E-state index < -0.39 is 0 Å². The standard InChI is InChI=1S/C25H33NO3/c1-23(2)12-13-25(29-22(23)28)11-9-20-19-7-4-15-14-16(21(26)27)5-6-17(15)18(19)8-10-24(20,25)3/h5-6,14,18-20H,4,7-13H2,1-3H3,(H2,26,27)/t18?,19?,20?,24-,25-/m1/s1. The number of nitrogens with two attached hydrogens (primary N) is 1. The molecule has 1 aromatic carbocycles. The topological polar surface area (TPSA) is 69.4 Å². The lowest BCUT2D eigenvalue weighted by Crippen LogP contribution is -2.56. The molecule has 1 aromatic rings. The number of amides is 1. The summed E-state index contributed by atoms with van der Waals surface area (Å²) in [5, 5.41) is 0. The molecule has 1 saturated heterocycles. The summed E-state index contributed by atoms with van der Waals surface area (Å²) in [4.78, 5) is 24.4. The van der Waals surface area contributed by atoms with E-state index >= 15 is 0 Å². The van der Waals surface area contributed by atoms with Crippen LogP contribution in [0.15, 0.2) is 18.2 Å². The van der Waals surface area contributed by atoms with Crippen molar-refractivity contribution < 1.29 is 14.3 Å². The van der Waals surface area contributed by atoms with E-state index in [0.717, 1.165) is 44.9 Å². The molecule has 2 saturated carbocycles. The minimum Gasteiger partial charge on any atom is -0.458 e. The molecule has 1 heterocycles. The van der Waals surface area contributed by atoms with Gasteiger partial charge in [0.2, 0.25) is 5.91 Å². The quantitative estimate of drug-likeness (QED) is 0.698. The summed E-state index contributed by atoms with van der Waals surface area (Å²) in [5.41, 5.74) is 8.34. The Balaban J connectivity index is 1.45. The average molecular weight is 396 g/mol. The fraction of sp³-hybridized carbons (Fsp3) is 0.680. The zero-order valence-corrected chi connectivity index (χ0v) is 17.9. The fourth-order valence-corrected chi connectivity index (χ4v) is 7.39. The van der Waals surface area contributed by atoms with Crippen LogP contribution in [0.25, 0.3) is 0 Å². The van der Waals surface area contributed by atoms with E-state index in [4.69, 9.17) is 10.5 Å². The summed E-state index contributed by atoms with van der Waals surface area (Å²) in [6.45, 7) is 6.46. The van der Waals surface area contributed by atoms with E-state index in [1.54, 1.807) is 0 Å². The van der Waals surface area contributed by atoms with Gasteiger partial charge in [-0.25, -0.2) is 0 Å². The fourth-order valence-electron chi connectivity index (χ4n) is 7.39. The SMILES string of the molecule is CC1(C)CC[C@@]2(CCC3C4CCc5cc(C(N)=O)ccc5C4CC[C@]32C)OC1=O. The maximum Gasteiger partial charge on any atom is 0.312 e. The van der Waals surface area contributed by atoms with E-state index in [0.29, 0.717) is 23.3 Å².